The van der Waals surface area contributed by atoms with Crippen molar-refractivity contribution >= 4 is 0 Å². The first kappa shape index (κ1) is 12.6. The molecule has 2 heterocycles. The molecule has 0 spiro atoms. The Hall–Kier alpha value is -1.45. The largest absolute Gasteiger partial charge is 0.362 e. The monoisotopic (exact) mass is 261 g/mol. The van der Waals surface area contributed by atoms with E-state index in [1.807, 2.05) is 0 Å². The van der Waals surface area contributed by atoms with E-state index in [1.165, 1.54) is 0 Å². The Labute approximate surface area is 111 Å². The molecule has 1 N–H and O–H groups in total. The van der Waals surface area contributed by atoms with Gasteiger partial charge >= 0.3 is 0 Å². The van der Waals surface area contributed by atoms with Gasteiger partial charge in [0.2, 0.25) is 0 Å². The van der Waals surface area contributed by atoms with Crippen molar-refractivity contribution in [2.45, 2.75) is 31.5 Å². The van der Waals surface area contributed by atoms with Gasteiger partial charge in [0.1, 0.15) is 0 Å². The summed E-state index contributed by atoms with van der Waals surface area (Å²) in [4.78, 5) is 0. The lowest BCUT2D eigenvalue weighted by molar-refractivity contribution is -0.215. The van der Waals surface area contributed by atoms with Crippen molar-refractivity contribution in [1.29, 1.82) is 5.26 Å². The summed E-state index contributed by atoms with van der Waals surface area (Å²) in [6.45, 7) is 1.53. The maximum Gasteiger partial charge on any atom is 0.193 e. The van der Waals surface area contributed by atoms with Gasteiger partial charge in [0.15, 0.2) is 12.1 Å². The van der Waals surface area contributed by atoms with E-state index in [1.54, 1.807) is 18.2 Å². The molecule has 1 saturated heterocycles. The predicted molar refractivity (Wildman–Crippen MR) is 64.8 cm³/mol. The summed E-state index contributed by atoms with van der Waals surface area (Å²) in [5, 5.41) is 19.4. The number of fused-ring (bicyclic) bond motifs is 1. The Bertz CT molecular complexity index is 519. The van der Waals surface area contributed by atoms with Crippen LogP contribution in [0, 0.1) is 11.3 Å². The van der Waals surface area contributed by atoms with Crippen LogP contribution < -0.4 is 0 Å². The van der Waals surface area contributed by atoms with E-state index in [0.29, 0.717) is 38.2 Å². The zero-order valence-electron chi connectivity index (χ0n) is 10.5. The molecule has 100 valence electrons. The number of nitrogens with zero attached hydrogens (tertiary/aromatic N) is 1. The van der Waals surface area contributed by atoms with Gasteiger partial charge in [-0.3, -0.25) is 0 Å². The number of benzene rings is 1. The lowest BCUT2D eigenvalue weighted by Crippen LogP contribution is -2.26. The van der Waals surface area contributed by atoms with Crippen LogP contribution in [0.4, 0.5) is 0 Å². The lowest BCUT2D eigenvalue weighted by Gasteiger charge is -2.24. The molecule has 1 aromatic rings. The van der Waals surface area contributed by atoms with Gasteiger partial charge in [-0.1, -0.05) is 6.07 Å². The number of nitriles is 1. The third kappa shape index (κ3) is 2.36. The predicted octanol–water partition coefficient (Wildman–Crippen LogP) is 1.39. The third-order valence-electron chi connectivity index (χ3n) is 3.53. The zero-order valence-corrected chi connectivity index (χ0v) is 10.5. The van der Waals surface area contributed by atoms with E-state index in [0.717, 1.165) is 11.1 Å². The van der Waals surface area contributed by atoms with Crippen molar-refractivity contribution in [2.75, 3.05) is 13.2 Å². The minimum Gasteiger partial charge on any atom is -0.362 e. The van der Waals surface area contributed by atoms with Crippen molar-refractivity contribution in [3.8, 4) is 6.07 Å². The fourth-order valence-electron chi connectivity index (χ4n) is 2.53. The SMILES string of the molecule is N#Cc1ccc2c(c1)COC2(O)CCC1OCCO1. The molecule has 5 heteroatoms. The lowest BCUT2D eigenvalue weighted by atomic mass is 9.97. The highest BCUT2D eigenvalue weighted by Gasteiger charge is 2.38. The second-order valence-corrected chi connectivity index (χ2v) is 4.77. The normalized spacial score (nSPS) is 26.3. The van der Waals surface area contributed by atoms with Crippen LogP contribution in [0.15, 0.2) is 18.2 Å². The first-order valence-corrected chi connectivity index (χ1v) is 6.34. The maximum atomic E-state index is 10.6. The summed E-state index contributed by atoms with van der Waals surface area (Å²) < 4.78 is 16.2. The first-order chi connectivity index (χ1) is 9.21. The molecule has 0 saturated carbocycles. The highest BCUT2D eigenvalue weighted by atomic mass is 16.7. The van der Waals surface area contributed by atoms with E-state index in [9.17, 15) is 5.11 Å². The van der Waals surface area contributed by atoms with E-state index < -0.39 is 5.79 Å². The van der Waals surface area contributed by atoms with Crippen LogP contribution in [-0.4, -0.2) is 24.6 Å². The molecule has 0 aliphatic carbocycles. The van der Waals surface area contributed by atoms with Crippen LogP contribution in [0.3, 0.4) is 0 Å². The van der Waals surface area contributed by atoms with Crippen LogP contribution in [-0.2, 0) is 26.6 Å². The third-order valence-corrected chi connectivity index (χ3v) is 3.53. The maximum absolute atomic E-state index is 10.6. The summed E-state index contributed by atoms with van der Waals surface area (Å²) in [6.07, 6.45) is 0.738. The Balaban J connectivity index is 1.74. The zero-order chi connectivity index (χ0) is 13.3. The first-order valence-electron chi connectivity index (χ1n) is 6.34. The molecule has 19 heavy (non-hydrogen) atoms. The topological polar surface area (TPSA) is 71.7 Å². The van der Waals surface area contributed by atoms with Crippen LogP contribution in [0.1, 0.15) is 29.5 Å². The highest BCUT2D eigenvalue weighted by molar-refractivity contribution is 5.41. The quantitative estimate of drug-likeness (QED) is 0.890. The van der Waals surface area contributed by atoms with Crippen molar-refractivity contribution in [1.82, 2.24) is 0 Å². The Kier molecular flexibility index (Phi) is 3.25. The molecule has 3 rings (SSSR count). The molecule has 2 aliphatic rings. The molecule has 1 atom stereocenters. The second kappa shape index (κ2) is 4.91. The molecular formula is C14H15NO4. The average Bonchev–Trinajstić information content (AvgIpc) is 3.05. The molecule has 0 bridgehead atoms. The van der Waals surface area contributed by atoms with Gasteiger partial charge in [-0.05, 0) is 17.7 Å². The number of rotatable bonds is 3. The minimum absolute atomic E-state index is 0.255. The molecule has 0 amide bonds. The van der Waals surface area contributed by atoms with Crippen molar-refractivity contribution < 1.29 is 19.3 Å². The second-order valence-electron chi connectivity index (χ2n) is 4.77. The smallest absolute Gasteiger partial charge is 0.193 e. The van der Waals surface area contributed by atoms with E-state index in [-0.39, 0.29) is 6.29 Å². The van der Waals surface area contributed by atoms with E-state index >= 15 is 0 Å². The van der Waals surface area contributed by atoms with Gasteiger partial charge in [0, 0.05) is 18.4 Å². The highest BCUT2D eigenvalue weighted by Crippen LogP contribution is 2.38. The summed E-state index contributed by atoms with van der Waals surface area (Å²) in [5.74, 6) is -1.29. The Morgan fingerprint density at radius 3 is 2.89 bits per heavy atom. The van der Waals surface area contributed by atoms with E-state index in [4.69, 9.17) is 19.5 Å². The Morgan fingerprint density at radius 1 is 1.37 bits per heavy atom. The van der Waals surface area contributed by atoms with Crippen LogP contribution in [0.2, 0.25) is 0 Å². The van der Waals surface area contributed by atoms with Crippen LogP contribution >= 0.6 is 0 Å². The van der Waals surface area contributed by atoms with Crippen molar-refractivity contribution in [3.05, 3.63) is 34.9 Å². The number of ether oxygens (including phenoxy) is 3. The molecule has 1 fully saturated rings. The fraction of sp³-hybridized carbons (Fsp3) is 0.500. The summed E-state index contributed by atoms with van der Waals surface area (Å²) in [5.41, 5.74) is 2.19. The van der Waals surface area contributed by atoms with Gasteiger partial charge < -0.3 is 19.3 Å². The summed E-state index contributed by atoms with van der Waals surface area (Å²) in [6, 6.07) is 7.30. The fourth-order valence-corrected chi connectivity index (χ4v) is 2.53. The average molecular weight is 261 g/mol. The summed E-state index contributed by atoms with van der Waals surface area (Å²) >= 11 is 0. The Morgan fingerprint density at radius 2 is 2.16 bits per heavy atom. The van der Waals surface area contributed by atoms with Crippen molar-refractivity contribution in [3.63, 3.8) is 0 Å². The molecule has 1 unspecified atom stereocenters. The van der Waals surface area contributed by atoms with Gasteiger partial charge in [-0.15, -0.1) is 0 Å². The van der Waals surface area contributed by atoms with Gasteiger partial charge in [0.25, 0.3) is 0 Å². The van der Waals surface area contributed by atoms with Gasteiger partial charge in [-0.2, -0.15) is 5.26 Å². The molecule has 5 nitrogen and oxygen atoms in total. The van der Waals surface area contributed by atoms with Crippen molar-refractivity contribution in [2.24, 2.45) is 0 Å². The molecular weight excluding hydrogens is 246 g/mol. The molecule has 2 aliphatic heterocycles. The van der Waals surface area contributed by atoms with E-state index in [2.05, 4.69) is 6.07 Å². The number of aliphatic hydroxyl groups is 1. The molecule has 1 aromatic carbocycles. The minimum atomic E-state index is -1.29. The molecule has 0 aromatic heterocycles. The standard InChI is InChI=1S/C14H15NO4/c15-8-10-1-2-12-11(7-10)9-19-14(12,16)4-3-13-17-5-6-18-13/h1-2,7,13,16H,3-6,9H2. The number of hydrogen-bond acceptors (Lipinski definition) is 5. The molecule has 0 radical (unpaired) electrons. The van der Waals surface area contributed by atoms with Crippen LogP contribution in [0.25, 0.3) is 0 Å². The number of hydrogen-bond donors (Lipinski definition) is 1. The van der Waals surface area contributed by atoms with Gasteiger partial charge in [-0.25, -0.2) is 0 Å². The summed E-state index contributed by atoms with van der Waals surface area (Å²) in [7, 11) is 0. The van der Waals surface area contributed by atoms with Gasteiger partial charge in [0.05, 0.1) is 31.5 Å². The van der Waals surface area contributed by atoms with Crippen LogP contribution in [0.5, 0.6) is 0 Å².